The quantitative estimate of drug-likeness (QED) is 0.554. The van der Waals surface area contributed by atoms with Crippen LogP contribution >= 0.6 is 34.2 Å². The Bertz CT molecular complexity index is 614. The summed E-state index contributed by atoms with van der Waals surface area (Å²) in [4.78, 5) is 11.2. The van der Waals surface area contributed by atoms with Crippen molar-refractivity contribution in [3.63, 3.8) is 0 Å². The van der Waals surface area contributed by atoms with E-state index in [0.717, 1.165) is 9.13 Å². The van der Waals surface area contributed by atoms with Gasteiger partial charge in [0.1, 0.15) is 6.61 Å². The molecule has 0 fully saturated rings. The van der Waals surface area contributed by atoms with E-state index >= 15 is 0 Å². The Kier molecular flexibility index (Phi) is 5.25. The number of halogens is 2. The van der Waals surface area contributed by atoms with Crippen LogP contribution in [0.25, 0.3) is 0 Å². The Morgan fingerprint density at radius 3 is 2.55 bits per heavy atom. The number of benzene rings is 2. The molecule has 0 aliphatic rings. The van der Waals surface area contributed by atoms with Crippen molar-refractivity contribution in [3.05, 3.63) is 57.2 Å². The molecule has 0 unspecified atom stereocenters. The van der Waals surface area contributed by atoms with Crippen LogP contribution in [-0.2, 0) is 6.61 Å². The normalized spacial score (nSPS) is 10.2. The standard InChI is InChI=1S/C15H12ClIO3/c1-19-13-8-11(15(16)18)7-12(17)14(13)20-9-10-5-3-2-4-6-10/h2-8H,9H2,1H3. The van der Waals surface area contributed by atoms with E-state index in [2.05, 4.69) is 22.6 Å². The van der Waals surface area contributed by atoms with Crippen LogP contribution in [0.4, 0.5) is 0 Å². The predicted molar refractivity (Wildman–Crippen MR) is 86.7 cm³/mol. The van der Waals surface area contributed by atoms with Crippen molar-refractivity contribution < 1.29 is 14.3 Å². The molecule has 5 heteroatoms. The summed E-state index contributed by atoms with van der Waals surface area (Å²) in [6.45, 7) is 0.432. The van der Waals surface area contributed by atoms with Crippen LogP contribution in [0.3, 0.4) is 0 Å². The fraction of sp³-hybridized carbons (Fsp3) is 0.133. The summed E-state index contributed by atoms with van der Waals surface area (Å²) < 4.78 is 11.8. The minimum Gasteiger partial charge on any atom is -0.493 e. The van der Waals surface area contributed by atoms with Gasteiger partial charge in [0.05, 0.1) is 10.7 Å². The average molecular weight is 403 g/mol. The first-order chi connectivity index (χ1) is 9.61. The number of carbonyl (C=O) groups excluding carboxylic acids is 1. The van der Waals surface area contributed by atoms with E-state index in [-0.39, 0.29) is 0 Å². The van der Waals surface area contributed by atoms with E-state index in [1.807, 2.05) is 30.3 Å². The minimum absolute atomic E-state index is 0.389. The van der Waals surface area contributed by atoms with Gasteiger partial charge in [-0.25, -0.2) is 0 Å². The molecule has 0 spiro atoms. The van der Waals surface area contributed by atoms with Crippen LogP contribution in [0, 0.1) is 3.57 Å². The van der Waals surface area contributed by atoms with E-state index in [1.54, 1.807) is 12.1 Å². The molecular weight excluding hydrogens is 391 g/mol. The summed E-state index contributed by atoms with van der Waals surface area (Å²) in [5, 5.41) is -0.518. The lowest BCUT2D eigenvalue weighted by atomic mass is 10.2. The highest BCUT2D eigenvalue weighted by atomic mass is 127. The molecule has 0 atom stereocenters. The monoisotopic (exact) mass is 402 g/mol. The van der Waals surface area contributed by atoms with Crippen molar-refractivity contribution in [3.8, 4) is 11.5 Å². The zero-order valence-corrected chi connectivity index (χ0v) is 13.6. The van der Waals surface area contributed by atoms with Crippen LogP contribution < -0.4 is 9.47 Å². The third kappa shape index (κ3) is 3.64. The zero-order valence-electron chi connectivity index (χ0n) is 10.7. The molecule has 0 saturated carbocycles. The maximum Gasteiger partial charge on any atom is 0.252 e. The van der Waals surface area contributed by atoms with Gasteiger partial charge in [-0.05, 0) is 51.9 Å². The molecule has 2 aromatic carbocycles. The Balaban J connectivity index is 2.25. The number of carbonyl (C=O) groups is 1. The van der Waals surface area contributed by atoms with Crippen molar-refractivity contribution in [2.45, 2.75) is 6.61 Å². The average Bonchev–Trinajstić information content (AvgIpc) is 2.46. The molecular formula is C15H12ClIO3. The van der Waals surface area contributed by atoms with E-state index < -0.39 is 5.24 Å². The van der Waals surface area contributed by atoms with Gasteiger partial charge < -0.3 is 9.47 Å². The SMILES string of the molecule is COc1cc(C(=O)Cl)cc(I)c1OCc1ccccc1. The number of hydrogen-bond donors (Lipinski definition) is 0. The lowest BCUT2D eigenvalue weighted by Crippen LogP contribution is -2.01. The second kappa shape index (κ2) is 6.95. The topological polar surface area (TPSA) is 35.5 Å². The van der Waals surface area contributed by atoms with Crippen LogP contribution in [-0.4, -0.2) is 12.4 Å². The molecule has 0 bridgehead atoms. The third-order valence-electron chi connectivity index (χ3n) is 2.68. The molecule has 20 heavy (non-hydrogen) atoms. The first kappa shape index (κ1) is 15.1. The molecule has 0 aliphatic carbocycles. The molecule has 3 nitrogen and oxygen atoms in total. The number of ether oxygens (including phenoxy) is 2. The molecule has 0 aromatic heterocycles. The molecule has 0 saturated heterocycles. The highest BCUT2D eigenvalue weighted by Gasteiger charge is 2.14. The predicted octanol–water partition coefficient (Wildman–Crippen LogP) is 4.26. The molecule has 104 valence electrons. The number of methoxy groups -OCH3 is 1. The smallest absolute Gasteiger partial charge is 0.252 e. The molecule has 0 amide bonds. The van der Waals surface area contributed by atoms with Crippen LogP contribution in [0.1, 0.15) is 15.9 Å². The molecule has 0 aliphatic heterocycles. The van der Waals surface area contributed by atoms with Gasteiger partial charge in [0, 0.05) is 5.56 Å². The molecule has 2 aromatic rings. The van der Waals surface area contributed by atoms with Crippen LogP contribution in [0.2, 0.25) is 0 Å². The molecule has 0 radical (unpaired) electrons. The van der Waals surface area contributed by atoms with E-state index in [9.17, 15) is 4.79 Å². The lowest BCUT2D eigenvalue weighted by molar-refractivity contribution is 0.108. The van der Waals surface area contributed by atoms with Gasteiger partial charge >= 0.3 is 0 Å². The van der Waals surface area contributed by atoms with E-state index in [1.165, 1.54) is 7.11 Å². The molecule has 0 N–H and O–H groups in total. The highest BCUT2D eigenvalue weighted by molar-refractivity contribution is 14.1. The summed E-state index contributed by atoms with van der Waals surface area (Å²) in [5.74, 6) is 1.11. The van der Waals surface area contributed by atoms with Crippen molar-refractivity contribution in [2.24, 2.45) is 0 Å². The second-order valence-electron chi connectivity index (χ2n) is 4.04. The maximum absolute atomic E-state index is 11.2. The first-order valence-corrected chi connectivity index (χ1v) is 7.31. The summed E-state index contributed by atoms with van der Waals surface area (Å²) in [6.07, 6.45) is 0. The zero-order chi connectivity index (χ0) is 14.5. The van der Waals surface area contributed by atoms with Gasteiger partial charge in [0.2, 0.25) is 0 Å². The molecule has 2 rings (SSSR count). The summed E-state index contributed by atoms with van der Waals surface area (Å²) in [6, 6.07) is 13.1. The van der Waals surface area contributed by atoms with Gasteiger partial charge in [0.15, 0.2) is 11.5 Å². The fourth-order valence-electron chi connectivity index (χ4n) is 1.70. The fourth-order valence-corrected chi connectivity index (χ4v) is 2.57. The van der Waals surface area contributed by atoms with Gasteiger partial charge in [0.25, 0.3) is 5.24 Å². The van der Waals surface area contributed by atoms with Crippen molar-refractivity contribution in [1.29, 1.82) is 0 Å². The van der Waals surface area contributed by atoms with Crippen molar-refractivity contribution in [1.82, 2.24) is 0 Å². The van der Waals surface area contributed by atoms with Crippen LogP contribution in [0.5, 0.6) is 11.5 Å². The summed E-state index contributed by atoms with van der Waals surface area (Å²) in [5.41, 5.74) is 1.45. The Morgan fingerprint density at radius 2 is 1.95 bits per heavy atom. The van der Waals surface area contributed by atoms with Gasteiger partial charge in [-0.15, -0.1) is 0 Å². The Labute approximate surface area is 136 Å². The second-order valence-corrected chi connectivity index (χ2v) is 5.54. The largest absolute Gasteiger partial charge is 0.493 e. The third-order valence-corrected chi connectivity index (χ3v) is 3.70. The van der Waals surface area contributed by atoms with E-state index in [4.69, 9.17) is 21.1 Å². The number of hydrogen-bond acceptors (Lipinski definition) is 3. The summed E-state index contributed by atoms with van der Waals surface area (Å²) >= 11 is 7.59. The number of rotatable bonds is 5. The van der Waals surface area contributed by atoms with E-state index in [0.29, 0.717) is 23.7 Å². The molecule has 0 heterocycles. The van der Waals surface area contributed by atoms with Gasteiger partial charge in [-0.2, -0.15) is 0 Å². The van der Waals surface area contributed by atoms with Gasteiger partial charge in [-0.1, -0.05) is 30.3 Å². The van der Waals surface area contributed by atoms with Gasteiger partial charge in [-0.3, -0.25) is 4.79 Å². The minimum atomic E-state index is -0.518. The Morgan fingerprint density at radius 1 is 1.25 bits per heavy atom. The van der Waals surface area contributed by atoms with Crippen LogP contribution in [0.15, 0.2) is 42.5 Å². The van der Waals surface area contributed by atoms with Crippen molar-refractivity contribution in [2.75, 3.05) is 7.11 Å². The lowest BCUT2D eigenvalue weighted by Gasteiger charge is -2.13. The summed E-state index contributed by atoms with van der Waals surface area (Å²) in [7, 11) is 1.53. The Hall–Kier alpha value is -1.27. The highest BCUT2D eigenvalue weighted by Crippen LogP contribution is 2.34. The van der Waals surface area contributed by atoms with Crippen molar-refractivity contribution >= 4 is 39.4 Å². The maximum atomic E-state index is 11.2. The first-order valence-electron chi connectivity index (χ1n) is 5.86.